The Bertz CT molecular complexity index is 1010. The van der Waals surface area contributed by atoms with Crippen LogP contribution in [0.4, 0.5) is 5.69 Å². The van der Waals surface area contributed by atoms with Gasteiger partial charge in [0.05, 0.1) is 44.3 Å². The van der Waals surface area contributed by atoms with E-state index in [1.54, 1.807) is 23.9 Å². The van der Waals surface area contributed by atoms with Gasteiger partial charge in [0.15, 0.2) is 0 Å². The summed E-state index contributed by atoms with van der Waals surface area (Å²) in [6.07, 6.45) is 0. The molecule has 0 aliphatic carbocycles. The highest BCUT2D eigenvalue weighted by molar-refractivity contribution is 7.99. The van der Waals surface area contributed by atoms with Crippen LogP contribution in [0.2, 0.25) is 5.02 Å². The van der Waals surface area contributed by atoms with Crippen LogP contribution in [0.5, 0.6) is 17.2 Å². The van der Waals surface area contributed by atoms with Crippen molar-refractivity contribution in [3.05, 3.63) is 47.0 Å². The number of ether oxygens (including phenoxy) is 3. The summed E-state index contributed by atoms with van der Waals surface area (Å²) in [4.78, 5) is 12.4. The number of nitrogens with zero attached hydrogens (tertiary/aromatic N) is 4. The summed E-state index contributed by atoms with van der Waals surface area (Å²) in [6.45, 7) is 0.475. The zero-order valence-corrected chi connectivity index (χ0v) is 18.2. The van der Waals surface area contributed by atoms with Crippen molar-refractivity contribution in [1.29, 1.82) is 0 Å². The first-order chi connectivity index (χ1) is 14.5. The van der Waals surface area contributed by atoms with Crippen molar-refractivity contribution in [3.63, 3.8) is 0 Å². The van der Waals surface area contributed by atoms with Crippen molar-refractivity contribution < 1.29 is 19.0 Å². The first-order valence-corrected chi connectivity index (χ1v) is 10.1. The van der Waals surface area contributed by atoms with Gasteiger partial charge in [0.2, 0.25) is 11.1 Å². The van der Waals surface area contributed by atoms with Gasteiger partial charge in [0, 0.05) is 12.1 Å². The van der Waals surface area contributed by atoms with Crippen molar-refractivity contribution in [2.75, 3.05) is 32.4 Å². The van der Waals surface area contributed by atoms with Crippen LogP contribution in [-0.4, -0.2) is 53.2 Å². The molecule has 3 aromatic rings. The topological polar surface area (TPSA) is 100 Å². The lowest BCUT2D eigenvalue weighted by Gasteiger charge is -2.13. The molecule has 9 nitrogen and oxygen atoms in total. The highest BCUT2D eigenvalue weighted by Gasteiger charge is 2.15. The molecule has 0 saturated carbocycles. The predicted octanol–water partition coefficient (Wildman–Crippen LogP) is 3.13. The number of carbonyl (C=O) groups is 1. The van der Waals surface area contributed by atoms with Gasteiger partial charge >= 0.3 is 0 Å². The predicted molar refractivity (Wildman–Crippen MR) is 114 cm³/mol. The van der Waals surface area contributed by atoms with Crippen molar-refractivity contribution in [2.24, 2.45) is 0 Å². The normalized spacial score (nSPS) is 10.5. The smallest absolute Gasteiger partial charge is 0.234 e. The molecule has 0 bridgehead atoms. The highest BCUT2D eigenvalue weighted by Crippen LogP contribution is 2.36. The van der Waals surface area contributed by atoms with E-state index in [0.29, 0.717) is 33.9 Å². The Hall–Kier alpha value is -2.98. The number of hydrogen-bond donors (Lipinski definition) is 1. The molecule has 0 radical (unpaired) electrons. The third-order valence-corrected chi connectivity index (χ3v) is 5.32. The lowest BCUT2D eigenvalue weighted by atomic mass is 10.2. The Morgan fingerprint density at radius 2 is 1.83 bits per heavy atom. The first kappa shape index (κ1) is 21.7. The minimum atomic E-state index is -0.248. The maximum atomic E-state index is 12.4. The number of aromatic nitrogens is 4. The molecular formula is C19H20ClN5O4S. The third kappa shape index (κ3) is 5.33. The summed E-state index contributed by atoms with van der Waals surface area (Å²) in [5.74, 6) is 1.50. The van der Waals surface area contributed by atoms with Crippen LogP contribution in [0.1, 0.15) is 5.56 Å². The van der Waals surface area contributed by atoms with Gasteiger partial charge in [0.25, 0.3) is 0 Å². The second kappa shape index (κ2) is 10.2. The summed E-state index contributed by atoms with van der Waals surface area (Å²) in [7, 11) is 4.61. The molecule has 158 valence electrons. The van der Waals surface area contributed by atoms with E-state index in [4.69, 9.17) is 25.8 Å². The molecule has 2 aromatic carbocycles. The van der Waals surface area contributed by atoms with Crippen LogP contribution in [0.25, 0.3) is 0 Å². The molecule has 0 aliphatic rings. The molecule has 30 heavy (non-hydrogen) atoms. The molecule has 0 spiro atoms. The van der Waals surface area contributed by atoms with Gasteiger partial charge in [-0.05, 0) is 28.1 Å². The molecule has 1 amide bonds. The van der Waals surface area contributed by atoms with Crippen LogP contribution in [-0.2, 0) is 11.3 Å². The average molecular weight is 450 g/mol. The lowest BCUT2D eigenvalue weighted by Crippen LogP contribution is -2.15. The number of thioether (sulfide) groups is 1. The zero-order chi connectivity index (χ0) is 21.5. The Balaban J connectivity index is 1.62. The minimum Gasteiger partial charge on any atom is -0.497 e. The maximum absolute atomic E-state index is 12.4. The van der Waals surface area contributed by atoms with Gasteiger partial charge in [-0.25, -0.2) is 4.68 Å². The number of hydrogen-bond acceptors (Lipinski definition) is 8. The number of carbonyl (C=O) groups excluding carboxylic acids is 1. The number of nitrogens with one attached hydrogen (secondary N) is 1. The van der Waals surface area contributed by atoms with Crippen LogP contribution in [0.3, 0.4) is 0 Å². The monoisotopic (exact) mass is 449 g/mol. The van der Waals surface area contributed by atoms with Gasteiger partial charge in [0.1, 0.15) is 17.2 Å². The molecular weight excluding hydrogens is 430 g/mol. The molecule has 1 N–H and O–H groups in total. The molecule has 0 atom stereocenters. The van der Waals surface area contributed by atoms with Crippen molar-refractivity contribution in [1.82, 2.24) is 20.2 Å². The molecule has 0 fully saturated rings. The van der Waals surface area contributed by atoms with Crippen LogP contribution >= 0.6 is 23.4 Å². The van der Waals surface area contributed by atoms with Crippen molar-refractivity contribution in [3.8, 4) is 17.2 Å². The van der Waals surface area contributed by atoms with Gasteiger partial charge in [-0.3, -0.25) is 4.79 Å². The largest absolute Gasteiger partial charge is 0.497 e. The number of benzene rings is 2. The number of halogens is 1. The van der Waals surface area contributed by atoms with E-state index in [2.05, 4.69) is 20.8 Å². The Morgan fingerprint density at radius 3 is 2.50 bits per heavy atom. The summed E-state index contributed by atoms with van der Waals surface area (Å²) >= 11 is 7.32. The minimum absolute atomic E-state index is 0.108. The van der Waals surface area contributed by atoms with E-state index in [1.807, 2.05) is 24.3 Å². The molecule has 11 heteroatoms. The summed E-state index contributed by atoms with van der Waals surface area (Å²) < 4.78 is 17.3. The molecule has 3 rings (SSSR count). The van der Waals surface area contributed by atoms with Crippen LogP contribution in [0, 0.1) is 0 Å². The van der Waals surface area contributed by atoms with Crippen LogP contribution < -0.4 is 19.5 Å². The van der Waals surface area contributed by atoms with Crippen molar-refractivity contribution in [2.45, 2.75) is 11.7 Å². The molecule has 1 aromatic heterocycles. The molecule has 0 saturated heterocycles. The van der Waals surface area contributed by atoms with E-state index in [1.165, 1.54) is 26.0 Å². The molecule has 0 unspecified atom stereocenters. The summed E-state index contributed by atoms with van der Waals surface area (Å²) in [6, 6.07) is 10.8. The zero-order valence-electron chi connectivity index (χ0n) is 16.6. The van der Waals surface area contributed by atoms with E-state index < -0.39 is 0 Å². The molecule has 1 heterocycles. The third-order valence-electron chi connectivity index (χ3n) is 4.07. The number of rotatable bonds is 9. The maximum Gasteiger partial charge on any atom is 0.234 e. The highest BCUT2D eigenvalue weighted by atomic mass is 35.5. The van der Waals surface area contributed by atoms with Crippen molar-refractivity contribution >= 4 is 35.0 Å². The average Bonchev–Trinajstić information content (AvgIpc) is 3.20. The SMILES string of the molecule is COc1ccc(Cn2nnnc2SCC(=O)Nc2cc(OC)c(Cl)cc2OC)cc1. The lowest BCUT2D eigenvalue weighted by molar-refractivity contribution is -0.113. The van der Waals surface area contributed by atoms with Gasteiger partial charge < -0.3 is 19.5 Å². The van der Waals surface area contributed by atoms with Gasteiger partial charge in [-0.1, -0.05) is 35.5 Å². The van der Waals surface area contributed by atoms with E-state index in [9.17, 15) is 4.79 Å². The number of tetrazole rings is 1. The molecule has 0 aliphatic heterocycles. The fourth-order valence-corrected chi connectivity index (χ4v) is 3.48. The second-order valence-corrected chi connectivity index (χ2v) is 7.34. The Kier molecular flexibility index (Phi) is 7.36. The van der Waals surface area contributed by atoms with Crippen LogP contribution in [0.15, 0.2) is 41.6 Å². The number of amides is 1. The van der Waals surface area contributed by atoms with E-state index >= 15 is 0 Å². The fraction of sp³-hybridized carbons (Fsp3) is 0.263. The summed E-state index contributed by atoms with van der Waals surface area (Å²) in [5.41, 5.74) is 1.47. The van der Waals surface area contributed by atoms with Gasteiger partial charge in [-0.2, -0.15) is 0 Å². The van der Waals surface area contributed by atoms with E-state index in [0.717, 1.165) is 11.3 Å². The first-order valence-electron chi connectivity index (χ1n) is 8.77. The Morgan fingerprint density at radius 1 is 1.10 bits per heavy atom. The second-order valence-electron chi connectivity index (χ2n) is 5.99. The quantitative estimate of drug-likeness (QED) is 0.497. The summed E-state index contributed by atoms with van der Waals surface area (Å²) in [5, 5.41) is 15.4. The Labute approximate surface area is 182 Å². The number of anilines is 1. The van der Waals surface area contributed by atoms with E-state index in [-0.39, 0.29) is 11.7 Å². The fourth-order valence-electron chi connectivity index (χ4n) is 2.58. The standard InChI is InChI=1S/C19H20ClN5O4S/c1-27-13-6-4-12(5-7-13)10-25-19(22-23-24-25)30-11-18(26)21-15-9-16(28-2)14(20)8-17(15)29-3/h4-9H,10-11H2,1-3H3,(H,21,26). The van der Waals surface area contributed by atoms with Gasteiger partial charge in [-0.15, -0.1) is 5.10 Å². The number of methoxy groups -OCH3 is 3.